The molecule has 1 atom stereocenters. The van der Waals surface area contributed by atoms with E-state index in [-0.39, 0.29) is 11.8 Å². The average Bonchev–Trinajstić information content (AvgIpc) is 2.99. The minimum Gasteiger partial charge on any atom is -0.490 e. The lowest BCUT2D eigenvalue weighted by Gasteiger charge is -2.32. The zero-order chi connectivity index (χ0) is 20.8. The highest BCUT2D eigenvalue weighted by Gasteiger charge is 2.23. The van der Waals surface area contributed by atoms with Crippen molar-refractivity contribution in [3.8, 4) is 5.75 Å². The average molecular weight is 409 g/mol. The molecule has 0 saturated carbocycles. The molecule has 6 heteroatoms. The highest BCUT2D eigenvalue weighted by molar-refractivity contribution is 5.94. The lowest BCUT2D eigenvalue weighted by molar-refractivity contribution is -0.119. The van der Waals surface area contributed by atoms with Crippen LogP contribution in [-0.2, 0) is 11.2 Å². The van der Waals surface area contributed by atoms with Gasteiger partial charge in [0.25, 0.3) is 0 Å². The minimum absolute atomic E-state index is 0.0560. The molecule has 1 amide bonds. The van der Waals surface area contributed by atoms with Gasteiger partial charge in [-0.15, -0.1) is 0 Å². The number of likely N-dealkylation sites (N-methyl/N-ethyl adjacent to an activating group) is 1. The van der Waals surface area contributed by atoms with E-state index in [1.54, 1.807) is 0 Å². The smallest absolute Gasteiger partial charge is 0.227 e. The van der Waals surface area contributed by atoms with Crippen LogP contribution < -0.4 is 15.4 Å². The Bertz CT molecular complexity index is 849. The number of anilines is 2. The van der Waals surface area contributed by atoms with Crippen LogP contribution in [-0.4, -0.2) is 68.6 Å². The number of nitrogens with zero attached hydrogens (tertiary/aromatic N) is 2. The van der Waals surface area contributed by atoms with Gasteiger partial charge in [-0.1, -0.05) is 30.3 Å². The lowest BCUT2D eigenvalue weighted by atomic mass is 9.96. The normalized spacial score (nSPS) is 20.0. The number of benzene rings is 2. The van der Waals surface area contributed by atoms with Crippen LogP contribution in [0.4, 0.5) is 11.4 Å². The molecule has 2 aliphatic heterocycles. The van der Waals surface area contributed by atoms with Gasteiger partial charge >= 0.3 is 0 Å². The third-order valence-electron chi connectivity index (χ3n) is 6.07. The molecule has 2 heterocycles. The summed E-state index contributed by atoms with van der Waals surface area (Å²) in [6, 6.07) is 16.0. The molecule has 160 valence electrons. The zero-order valence-electron chi connectivity index (χ0n) is 17.8. The van der Waals surface area contributed by atoms with E-state index in [9.17, 15) is 4.79 Å². The number of piperazine rings is 1. The van der Waals surface area contributed by atoms with Crippen LogP contribution >= 0.6 is 0 Å². The number of carbonyl (C=O) groups is 1. The monoisotopic (exact) mass is 408 g/mol. The number of hydrogen-bond acceptors (Lipinski definition) is 5. The molecular weight excluding hydrogens is 376 g/mol. The van der Waals surface area contributed by atoms with Crippen molar-refractivity contribution in [2.24, 2.45) is 5.92 Å². The molecule has 0 aromatic heterocycles. The standard InChI is InChI=1S/C24H32N4O2/c1-27-12-14-28(15-13-27)16-17-30-23-9-5-4-8-22(23)26-24(29)20-10-11-25-21-7-3-2-6-19(21)18-20/h2-9,20,25H,10-18H2,1H3,(H,26,29). The van der Waals surface area contributed by atoms with Gasteiger partial charge in [0.2, 0.25) is 5.91 Å². The van der Waals surface area contributed by atoms with Crippen LogP contribution in [0.15, 0.2) is 48.5 Å². The Labute approximate surface area is 179 Å². The molecule has 0 spiro atoms. The molecule has 30 heavy (non-hydrogen) atoms. The molecule has 1 saturated heterocycles. The summed E-state index contributed by atoms with van der Waals surface area (Å²) in [5.41, 5.74) is 3.10. The quantitative estimate of drug-likeness (QED) is 0.770. The summed E-state index contributed by atoms with van der Waals surface area (Å²) in [6.07, 6.45) is 1.56. The third-order valence-corrected chi connectivity index (χ3v) is 6.07. The van der Waals surface area contributed by atoms with Crippen LogP contribution in [0.2, 0.25) is 0 Å². The maximum absolute atomic E-state index is 13.0. The van der Waals surface area contributed by atoms with Gasteiger partial charge in [0.1, 0.15) is 12.4 Å². The Morgan fingerprint density at radius 3 is 2.73 bits per heavy atom. The van der Waals surface area contributed by atoms with E-state index < -0.39 is 0 Å². The van der Waals surface area contributed by atoms with E-state index in [1.807, 2.05) is 36.4 Å². The van der Waals surface area contributed by atoms with Crippen molar-refractivity contribution in [1.29, 1.82) is 0 Å². The SMILES string of the molecule is CN1CCN(CCOc2ccccc2NC(=O)C2CCNc3ccccc3C2)CC1. The highest BCUT2D eigenvalue weighted by atomic mass is 16.5. The number of hydrogen-bond donors (Lipinski definition) is 2. The topological polar surface area (TPSA) is 56.8 Å². The summed E-state index contributed by atoms with van der Waals surface area (Å²) in [6.45, 7) is 6.69. The maximum atomic E-state index is 13.0. The number of para-hydroxylation sites is 3. The van der Waals surface area contributed by atoms with Crippen molar-refractivity contribution in [3.05, 3.63) is 54.1 Å². The van der Waals surface area contributed by atoms with Crippen LogP contribution in [0.3, 0.4) is 0 Å². The number of rotatable bonds is 6. The second-order valence-corrected chi connectivity index (χ2v) is 8.25. The van der Waals surface area contributed by atoms with Gasteiger partial charge in [-0.05, 0) is 43.7 Å². The summed E-state index contributed by atoms with van der Waals surface area (Å²) in [7, 11) is 2.16. The molecule has 0 radical (unpaired) electrons. The summed E-state index contributed by atoms with van der Waals surface area (Å²) in [4.78, 5) is 17.8. The minimum atomic E-state index is -0.0560. The molecule has 6 nitrogen and oxygen atoms in total. The molecule has 0 aliphatic carbocycles. The van der Waals surface area contributed by atoms with E-state index in [0.717, 1.165) is 69.2 Å². The predicted octanol–water partition coefficient (Wildman–Crippen LogP) is 2.93. The number of nitrogens with one attached hydrogen (secondary N) is 2. The van der Waals surface area contributed by atoms with E-state index in [0.29, 0.717) is 6.61 Å². The van der Waals surface area contributed by atoms with Crippen molar-refractivity contribution in [2.75, 3.05) is 63.6 Å². The van der Waals surface area contributed by atoms with Gasteiger partial charge in [-0.3, -0.25) is 9.69 Å². The Morgan fingerprint density at radius 2 is 1.87 bits per heavy atom. The van der Waals surface area contributed by atoms with Crippen LogP contribution in [0.25, 0.3) is 0 Å². The van der Waals surface area contributed by atoms with Crippen LogP contribution in [0, 0.1) is 5.92 Å². The largest absolute Gasteiger partial charge is 0.490 e. The lowest BCUT2D eigenvalue weighted by Crippen LogP contribution is -2.45. The van der Waals surface area contributed by atoms with Crippen molar-refractivity contribution in [2.45, 2.75) is 12.8 Å². The predicted molar refractivity (Wildman–Crippen MR) is 121 cm³/mol. The summed E-state index contributed by atoms with van der Waals surface area (Å²) >= 11 is 0. The van der Waals surface area contributed by atoms with E-state index in [4.69, 9.17) is 4.74 Å². The molecule has 2 aromatic rings. The van der Waals surface area contributed by atoms with Gasteiger partial charge in [0.05, 0.1) is 5.69 Å². The molecular formula is C24H32N4O2. The fourth-order valence-electron chi connectivity index (χ4n) is 4.13. The first kappa shape index (κ1) is 20.7. The van der Waals surface area contributed by atoms with Crippen LogP contribution in [0.5, 0.6) is 5.75 Å². The van der Waals surface area contributed by atoms with E-state index >= 15 is 0 Å². The van der Waals surface area contributed by atoms with Crippen molar-refractivity contribution < 1.29 is 9.53 Å². The Balaban J connectivity index is 1.34. The molecule has 4 rings (SSSR count). The first-order chi connectivity index (χ1) is 14.7. The molecule has 2 N–H and O–H groups in total. The fraction of sp³-hybridized carbons (Fsp3) is 0.458. The first-order valence-electron chi connectivity index (χ1n) is 10.9. The fourth-order valence-corrected chi connectivity index (χ4v) is 4.13. The maximum Gasteiger partial charge on any atom is 0.227 e. The Kier molecular flexibility index (Phi) is 6.87. The van der Waals surface area contributed by atoms with Gasteiger partial charge < -0.3 is 20.3 Å². The van der Waals surface area contributed by atoms with Gasteiger partial charge in [0, 0.05) is 50.9 Å². The van der Waals surface area contributed by atoms with E-state index in [1.165, 1.54) is 5.56 Å². The Morgan fingerprint density at radius 1 is 1.10 bits per heavy atom. The van der Waals surface area contributed by atoms with Gasteiger partial charge in [-0.2, -0.15) is 0 Å². The van der Waals surface area contributed by atoms with Gasteiger partial charge in [-0.25, -0.2) is 0 Å². The molecule has 2 aliphatic rings. The van der Waals surface area contributed by atoms with Crippen LogP contribution in [0.1, 0.15) is 12.0 Å². The summed E-state index contributed by atoms with van der Waals surface area (Å²) < 4.78 is 6.05. The first-order valence-corrected chi connectivity index (χ1v) is 10.9. The van der Waals surface area contributed by atoms with Crippen molar-refractivity contribution >= 4 is 17.3 Å². The third kappa shape index (κ3) is 5.32. The highest BCUT2D eigenvalue weighted by Crippen LogP contribution is 2.28. The molecule has 1 fully saturated rings. The summed E-state index contributed by atoms with van der Waals surface area (Å²) in [5, 5.41) is 6.56. The van der Waals surface area contributed by atoms with Crippen molar-refractivity contribution in [3.63, 3.8) is 0 Å². The number of fused-ring (bicyclic) bond motifs is 1. The Hall–Kier alpha value is -2.57. The van der Waals surface area contributed by atoms with Gasteiger partial charge in [0.15, 0.2) is 0 Å². The number of carbonyl (C=O) groups excluding carboxylic acids is 1. The molecule has 2 aromatic carbocycles. The van der Waals surface area contributed by atoms with Crippen molar-refractivity contribution in [1.82, 2.24) is 9.80 Å². The van der Waals surface area contributed by atoms with E-state index in [2.05, 4.69) is 39.6 Å². The second-order valence-electron chi connectivity index (χ2n) is 8.25. The number of amides is 1. The summed E-state index contributed by atoms with van der Waals surface area (Å²) in [5.74, 6) is 0.746. The molecule has 0 bridgehead atoms. The molecule has 1 unspecified atom stereocenters. The zero-order valence-corrected chi connectivity index (χ0v) is 17.8. The number of ether oxygens (including phenoxy) is 1. The second kappa shape index (κ2) is 9.96.